The first-order valence-electron chi connectivity index (χ1n) is 9.16. The van der Waals surface area contributed by atoms with Gasteiger partial charge in [-0.25, -0.2) is 0 Å². The summed E-state index contributed by atoms with van der Waals surface area (Å²) in [6, 6.07) is -0.0697. The smallest absolute Gasteiger partial charge is 0.223 e. The predicted molar refractivity (Wildman–Crippen MR) is 90.5 cm³/mol. The lowest BCUT2D eigenvalue weighted by Crippen LogP contribution is -2.38. The van der Waals surface area contributed by atoms with Crippen LogP contribution in [0, 0.1) is 11.8 Å². The molecule has 1 amide bonds. The van der Waals surface area contributed by atoms with Crippen LogP contribution in [0.25, 0.3) is 0 Å². The maximum atomic E-state index is 12.7. The number of aromatic nitrogens is 3. The van der Waals surface area contributed by atoms with E-state index in [1.165, 1.54) is 0 Å². The van der Waals surface area contributed by atoms with Crippen LogP contribution >= 0.6 is 0 Å². The molecule has 134 valence electrons. The molecule has 1 fully saturated rings. The summed E-state index contributed by atoms with van der Waals surface area (Å²) in [7, 11) is 0. The minimum atomic E-state index is -0.0697. The van der Waals surface area contributed by atoms with Gasteiger partial charge >= 0.3 is 0 Å². The quantitative estimate of drug-likeness (QED) is 0.841. The van der Waals surface area contributed by atoms with Gasteiger partial charge in [0.25, 0.3) is 0 Å². The van der Waals surface area contributed by atoms with Gasteiger partial charge in [0.2, 0.25) is 5.91 Å². The Bertz CT molecular complexity index is 551. The standard InChI is InChI=1S/C17H29N5O2/c1-12(2)11-14(19-17(23)13-4-9-24-10-5-13)16-21-20-15-3-6-18-7-8-22(15)16/h12-14,18H,3-11H2,1-2H3,(H,19,23)/t14-/m0/s1. The van der Waals surface area contributed by atoms with E-state index in [2.05, 4.69) is 39.2 Å². The summed E-state index contributed by atoms with van der Waals surface area (Å²) in [5.74, 6) is 2.59. The molecule has 1 aromatic rings. The zero-order valence-corrected chi connectivity index (χ0v) is 14.8. The van der Waals surface area contributed by atoms with Crippen molar-refractivity contribution in [2.24, 2.45) is 11.8 Å². The van der Waals surface area contributed by atoms with Gasteiger partial charge in [0, 0.05) is 45.2 Å². The molecule has 1 aromatic heterocycles. The third-order valence-corrected chi connectivity index (χ3v) is 4.82. The minimum Gasteiger partial charge on any atom is -0.381 e. The van der Waals surface area contributed by atoms with Crippen LogP contribution in [0.15, 0.2) is 0 Å². The first-order chi connectivity index (χ1) is 11.6. The van der Waals surface area contributed by atoms with E-state index in [0.29, 0.717) is 19.1 Å². The van der Waals surface area contributed by atoms with E-state index in [-0.39, 0.29) is 17.9 Å². The average Bonchev–Trinajstić information content (AvgIpc) is 2.83. The molecule has 0 radical (unpaired) electrons. The fourth-order valence-corrected chi connectivity index (χ4v) is 3.50. The van der Waals surface area contributed by atoms with Gasteiger partial charge in [0.15, 0.2) is 5.82 Å². The fraction of sp³-hybridized carbons (Fsp3) is 0.824. The van der Waals surface area contributed by atoms with E-state index >= 15 is 0 Å². The van der Waals surface area contributed by atoms with Crippen LogP contribution in [0.4, 0.5) is 0 Å². The zero-order chi connectivity index (χ0) is 16.9. The van der Waals surface area contributed by atoms with E-state index in [1.807, 2.05) is 0 Å². The Balaban J connectivity index is 1.76. The highest BCUT2D eigenvalue weighted by Gasteiger charge is 2.28. The zero-order valence-electron chi connectivity index (χ0n) is 14.8. The van der Waals surface area contributed by atoms with E-state index in [0.717, 1.165) is 57.0 Å². The highest BCUT2D eigenvalue weighted by atomic mass is 16.5. The number of amides is 1. The third kappa shape index (κ3) is 4.13. The van der Waals surface area contributed by atoms with Crippen LogP contribution in [0.1, 0.15) is 50.8 Å². The second-order valence-electron chi connectivity index (χ2n) is 7.20. The Morgan fingerprint density at radius 1 is 1.33 bits per heavy atom. The number of fused-ring (bicyclic) bond motifs is 1. The third-order valence-electron chi connectivity index (χ3n) is 4.82. The Morgan fingerprint density at radius 3 is 2.88 bits per heavy atom. The van der Waals surface area contributed by atoms with Crippen molar-refractivity contribution in [2.75, 3.05) is 26.3 Å². The number of carbonyl (C=O) groups excluding carboxylic acids is 1. The normalized spacial score (nSPS) is 20.5. The molecular formula is C17H29N5O2. The van der Waals surface area contributed by atoms with Crippen molar-refractivity contribution in [1.29, 1.82) is 0 Å². The van der Waals surface area contributed by atoms with Crippen molar-refractivity contribution in [3.8, 4) is 0 Å². The lowest BCUT2D eigenvalue weighted by Gasteiger charge is -2.26. The monoisotopic (exact) mass is 335 g/mol. The largest absolute Gasteiger partial charge is 0.381 e. The van der Waals surface area contributed by atoms with Crippen LogP contribution in [0.5, 0.6) is 0 Å². The Kier molecular flexibility index (Phi) is 5.84. The maximum Gasteiger partial charge on any atom is 0.223 e. The molecule has 7 heteroatoms. The number of nitrogens with one attached hydrogen (secondary N) is 2. The van der Waals surface area contributed by atoms with Gasteiger partial charge in [-0.2, -0.15) is 0 Å². The number of hydrogen-bond acceptors (Lipinski definition) is 5. The van der Waals surface area contributed by atoms with Gasteiger partial charge in [0.1, 0.15) is 5.82 Å². The van der Waals surface area contributed by atoms with E-state index in [1.54, 1.807) is 0 Å². The first-order valence-corrected chi connectivity index (χ1v) is 9.16. The highest BCUT2D eigenvalue weighted by molar-refractivity contribution is 5.79. The molecular weight excluding hydrogens is 306 g/mol. The number of nitrogens with zero attached hydrogens (tertiary/aromatic N) is 3. The van der Waals surface area contributed by atoms with E-state index < -0.39 is 0 Å². The van der Waals surface area contributed by atoms with E-state index in [9.17, 15) is 4.79 Å². The SMILES string of the molecule is CC(C)C[C@H](NC(=O)C1CCOCC1)c1nnc2n1CCNCC2. The molecule has 3 rings (SSSR count). The number of carbonyl (C=O) groups is 1. The summed E-state index contributed by atoms with van der Waals surface area (Å²) in [5, 5.41) is 15.4. The molecule has 1 atom stereocenters. The molecule has 0 bridgehead atoms. The molecule has 7 nitrogen and oxygen atoms in total. The Morgan fingerprint density at radius 2 is 2.12 bits per heavy atom. The van der Waals surface area contributed by atoms with Crippen molar-refractivity contribution in [2.45, 2.75) is 52.1 Å². The molecule has 1 saturated heterocycles. The minimum absolute atomic E-state index is 0.0570. The summed E-state index contributed by atoms with van der Waals surface area (Å²) in [6.45, 7) is 8.42. The first kappa shape index (κ1) is 17.4. The Hall–Kier alpha value is -1.47. The van der Waals surface area contributed by atoms with Crippen molar-refractivity contribution in [1.82, 2.24) is 25.4 Å². The van der Waals surface area contributed by atoms with Gasteiger partial charge in [-0.15, -0.1) is 10.2 Å². The van der Waals surface area contributed by atoms with Gasteiger partial charge in [-0.05, 0) is 25.2 Å². The fourth-order valence-electron chi connectivity index (χ4n) is 3.50. The van der Waals surface area contributed by atoms with Gasteiger partial charge in [0.05, 0.1) is 6.04 Å². The summed E-state index contributed by atoms with van der Waals surface area (Å²) >= 11 is 0. The van der Waals surface area contributed by atoms with Crippen LogP contribution < -0.4 is 10.6 Å². The molecule has 2 aliphatic rings. The van der Waals surface area contributed by atoms with Crippen molar-refractivity contribution >= 4 is 5.91 Å². The molecule has 24 heavy (non-hydrogen) atoms. The number of ether oxygens (including phenoxy) is 1. The topological polar surface area (TPSA) is 81.1 Å². The van der Waals surface area contributed by atoms with Crippen LogP contribution in [0.3, 0.4) is 0 Å². The second kappa shape index (κ2) is 8.07. The lowest BCUT2D eigenvalue weighted by molar-refractivity contribution is -0.128. The Labute approximate surface area is 143 Å². The van der Waals surface area contributed by atoms with Crippen molar-refractivity contribution < 1.29 is 9.53 Å². The van der Waals surface area contributed by atoms with Crippen LogP contribution in [-0.2, 0) is 22.5 Å². The molecule has 0 aliphatic carbocycles. The van der Waals surface area contributed by atoms with Gasteiger partial charge < -0.3 is 19.9 Å². The van der Waals surface area contributed by atoms with Gasteiger partial charge in [-0.1, -0.05) is 13.8 Å². The number of hydrogen-bond donors (Lipinski definition) is 2. The van der Waals surface area contributed by atoms with Crippen molar-refractivity contribution in [3.63, 3.8) is 0 Å². The summed E-state index contributed by atoms with van der Waals surface area (Å²) in [6.07, 6.45) is 3.38. The molecule has 0 unspecified atom stereocenters. The van der Waals surface area contributed by atoms with Crippen molar-refractivity contribution in [3.05, 3.63) is 11.6 Å². The summed E-state index contributed by atoms with van der Waals surface area (Å²) in [4.78, 5) is 12.7. The van der Waals surface area contributed by atoms with E-state index in [4.69, 9.17) is 4.74 Å². The molecule has 0 aromatic carbocycles. The lowest BCUT2D eigenvalue weighted by atomic mass is 9.97. The molecule has 3 heterocycles. The molecule has 2 aliphatic heterocycles. The number of rotatable bonds is 5. The highest BCUT2D eigenvalue weighted by Crippen LogP contribution is 2.23. The maximum absolute atomic E-state index is 12.7. The summed E-state index contributed by atoms with van der Waals surface area (Å²) < 4.78 is 7.56. The molecule has 0 saturated carbocycles. The van der Waals surface area contributed by atoms with Crippen LogP contribution in [0.2, 0.25) is 0 Å². The predicted octanol–water partition coefficient (Wildman–Crippen LogP) is 1.05. The second-order valence-corrected chi connectivity index (χ2v) is 7.20. The molecule has 2 N–H and O–H groups in total. The molecule has 0 spiro atoms. The summed E-state index contributed by atoms with van der Waals surface area (Å²) in [5.41, 5.74) is 0. The average molecular weight is 335 g/mol. The van der Waals surface area contributed by atoms with Crippen LogP contribution in [-0.4, -0.2) is 47.0 Å². The van der Waals surface area contributed by atoms with Gasteiger partial charge in [-0.3, -0.25) is 4.79 Å².